The van der Waals surface area contributed by atoms with Gasteiger partial charge in [-0.25, -0.2) is 0 Å². The summed E-state index contributed by atoms with van der Waals surface area (Å²) < 4.78 is 0. The van der Waals surface area contributed by atoms with Gasteiger partial charge in [-0.3, -0.25) is 9.69 Å². The summed E-state index contributed by atoms with van der Waals surface area (Å²) in [5.74, 6) is 0.164. The highest BCUT2D eigenvalue weighted by Crippen LogP contribution is 2.24. The molecule has 4 heteroatoms. The van der Waals surface area contributed by atoms with E-state index in [4.69, 9.17) is 0 Å². The van der Waals surface area contributed by atoms with Crippen LogP contribution >= 0.6 is 0 Å². The number of amides is 1. The standard InChI is InChI=1S/C17H26N2O2/c1-3-18(4-2)16(14-8-6-5-7-9-14)17(21)19-12-10-15(20)11-13-19/h5-9,15-16,20H,3-4,10-13H2,1-2H3. The monoisotopic (exact) mass is 290 g/mol. The van der Waals surface area contributed by atoms with Crippen molar-refractivity contribution in [2.24, 2.45) is 0 Å². The van der Waals surface area contributed by atoms with Gasteiger partial charge in [0, 0.05) is 13.1 Å². The van der Waals surface area contributed by atoms with Gasteiger partial charge in [0.25, 0.3) is 0 Å². The van der Waals surface area contributed by atoms with Crippen molar-refractivity contribution in [3.8, 4) is 0 Å². The minimum atomic E-state index is -0.252. The first-order valence-electron chi connectivity index (χ1n) is 7.93. The number of piperidine rings is 1. The minimum Gasteiger partial charge on any atom is -0.393 e. The van der Waals surface area contributed by atoms with Gasteiger partial charge in [-0.15, -0.1) is 0 Å². The van der Waals surface area contributed by atoms with Crippen LogP contribution in [0.25, 0.3) is 0 Å². The molecule has 0 bridgehead atoms. The van der Waals surface area contributed by atoms with E-state index in [9.17, 15) is 9.90 Å². The first-order chi connectivity index (χ1) is 10.2. The second-order valence-electron chi connectivity index (χ2n) is 5.59. The Morgan fingerprint density at radius 1 is 1.24 bits per heavy atom. The van der Waals surface area contributed by atoms with Crippen LogP contribution < -0.4 is 0 Å². The van der Waals surface area contributed by atoms with Crippen molar-refractivity contribution in [2.75, 3.05) is 26.2 Å². The second-order valence-corrected chi connectivity index (χ2v) is 5.59. The molecule has 0 aliphatic carbocycles. The molecule has 0 spiro atoms. The summed E-state index contributed by atoms with van der Waals surface area (Å²) >= 11 is 0. The summed E-state index contributed by atoms with van der Waals surface area (Å²) in [5.41, 5.74) is 1.05. The van der Waals surface area contributed by atoms with Crippen LogP contribution in [-0.4, -0.2) is 53.1 Å². The molecule has 1 heterocycles. The fraction of sp³-hybridized carbons (Fsp3) is 0.588. The number of likely N-dealkylation sites (N-methyl/N-ethyl adjacent to an activating group) is 1. The Morgan fingerprint density at radius 3 is 2.33 bits per heavy atom. The number of carbonyl (C=O) groups excluding carboxylic acids is 1. The Labute approximate surface area is 127 Å². The molecule has 1 N–H and O–H groups in total. The number of benzene rings is 1. The van der Waals surface area contributed by atoms with E-state index in [0.717, 1.165) is 18.7 Å². The maximum atomic E-state index is 13.0. The van der Waals surface area contributed by atoms with Crippen LogP contribution in [0.15, 0.2) is 30.3 Å². The van der Waals surface area contributed by atoms with Crippen LogP contribution in [0.3, 0.4) is 0 Å². The molecule has 116 valence electrons. The Hall–Kier alpha value is -1.39. The number of carbonyl (C=O) groups is 1. The molecule has 1 aliphatic heterocycles. The maximum absolute atomic E-state index is 13.0. The van der Waals surface area contributed by atoms with Gasteiger partial charge in [0.1, 0.15) is 6.04 Å². The lowest BCUT2D eigenvalue weighted by Gasteiger charge is -2.36. The highest BCUT2D eigenvalue weighted by atomic mass is 16.3. The van der Waals surface area contributed by atoms with E-state index in [1.807, 2.05) is 35.2 Å². The van der Waals surface area contributed by atoms with E-state index >= 15 is 0 Å². The van der Waals surface area contributed by atoms with Gasteiger partial charge in [-0.2, -0.15) is 0 Å². The fourth-order valence-corrected chi connectivity index (χ4v) is 2.99. The lowest BCUT2D eigenvalue weighted by atomic mass is 10.0. The molecule has 0 aromatic heterocycles. The highest BCUT2D eigenvalue weighted by Gasteiger charge is 2.31. The van der Waals surface area contributed by atoms with E-state index in [0.29, 0.717) is 25.9 Å². The average molecular weight is 290 g/mol. The number of likely N-dealkylation sites (tertiary alicyclic amines) is 1. The third-order valence-corrected chi connectivity index (χ3v) is 4.30. The van der Waals surface area contributed by atoms with E-state index in [1.54, 1.807) is 0 Å². The van der Waals surface area contributed by atoms with Crippen molar-refractivity contribution in [2.45, 2.75) is 38.8 Å². The summed E-state index contributed by atoms with van der Waals surface area (Å²) in [5, 5.41) is 9.62. The van der Waals surface area contributed by atoms with Crippen LogP contribution in [-0.2, 0) is 4.79 Å². The molecule has 4 nitrogen and oxygen atoms in total. The normalized spacial score (nSPS) is 18.0. The molecular weight excluding hydrogens is 264 g/mol. The van der Waals surface area contributed by atoms with Gasteiger partial charge < -0.3 is 10.0 Å². The Morgan fingerprint density at radius 2 is 1.81 bits per heavy atom. The molecule has 1 atom stereocenters. The molecular formula is C17H26N2O2. The van der Waals surface area contributed by atoms with Crippen LogP contribution in [0.1, 0.15) is 38.3 Å². The predicted molar refractivity (Wildman–Crippen MR) is 83.9 cm³/mol. The predicted octanol–water partition coefficient (Wildman–Crippen LogP) is 2.05. The zero-order valence-corrected chi connectivity index (χ0v) is 13.0. The van der Waals surface area contributed by atoms with Crippen LogP contribution in [0.2, 0.25) is 0 Å². The molecule has 0 radical (unpaired) electrons. The van der Waals surface area contributed by atoms with Gasteiger partial charge >= 0.3 is 0 Å². The van der Waals surface area contributed by atoms with Gasteiger partial charge in [0.2, 0.25) is 5.91 Å². The number of nitrogens with zero attached hydrogens (tertiary/aromatic N) is 2. The molecule has 21 heavy (non-hydrogen) atoms. The first kappa shape index (κ1) is 16.0. The molecule has 1 unspecified atom stereocenters. The number of aliphatic hydroxyl groups is 1. The summed E-state index contributed by atoms with van der Waals surface area (Å²) in [6, 6.07) is 9.79. The summed E-state index contributed by atoms with van der Waals surface area (Å²) in [6.07, 6.45) is 1.12. The minimum absolute atomic E-state index is 0.164. The number of hydrogen-bond acceptors (Lipinski definition) is 3. The molecule has 1 saturated heterocycles. The SMILES string of the molecule is CCN(CC)C(C(=O)N1CCC(O)CC1)c1ccccc1. The molecule has 1 aliphatic rings. The summed E-state index contributed by atoms with van der Waals surface area (Å²) in [4.78, 5) is 17.1. The zero-order chi connectivity index (χ0) is 15.2. The van der Waals surface area contributed by atoms with Gasteiger partial charge in [-0.1, -0.05) is 44.2 Å². The van der Waals surface area contributed by atoms with Crippen molar-refractivity contribution in [1.29, 1.82) is 0 Å². The van der Waals surface area contributed by atoms with Crippen molar-refractivity contribution in [3.05, 3.63) is 35.9 Å². The molecule has 1 aromatic carbocycles. The second kappa shape index (κ2) is 7.57. The summed E-state index contributed by atoms with van der Waals surface area (Å²) in [7, 11) is 0. The van der Waals surface area contributed by atoms with E-state index in [-0.39, 0.29) is 18.1 Å². The van der Waals surface area contributed by atoms with Crippen molar-refractivity contribution >= 4 is 5.91 Å². The molecule has 2 rings (SSSR count). The van der Waals surface area contributed by atoms with Crippen LogP contribution in [0.5, 0.6) is 0 Å². The highest BCUT2D eigenvalue weighted by molar-refractivity contribution is 5.83. The van der Waals surface area contributed by atoms with E-state index in [1.165, 1.54) is 0 Å². The third-order valence-electron chi connectivity index (χ3n) is 4.30. The molecule has 1 fully saturated rings. The maximum Gasteiger partial charge on any atom is 0.244 e. The van der Waals surface area contributed by atoms with Gasteiger partial charge in [0.05, 0.1) is 6.10 Å². The Bertz CT molecular complexity index is 437. The molecule has 1 amide bonds. The van der Waals surface area contributed by atoms with E-state index < -0.39 is 0 Å². The summed E-state index contributed by atoms with van der Waals surface area (Å²) in [6.45, 7) is 7.19. The largest absolute Gasteiger partial charge is 0.393 e. The lowest BCUT2D eigenvalue weighted by molar-refractivity contribution is -0.139. The topological polar surface area (TPSA) is 43.8 Å². The fourth-order valence-electron chi connectivity index (χ4n) is 2.99. The lowest BCUT2D eigenvalue weighted by Crippen LogP contribution is -2.47. The van der Waals surface area contributed by atoms with Crippen LogP contribution in [0, 0.1) is 0 Å². The number of hydrogen-bond donors (Lipinski definition) is 1. The van der Waals surface area contributed by atoms with Crippen molar-refractivity contribution in [3.63, 3.8) is 0 Å². The smallest absolute Gasteiger partial charge is 0.244 e. The molecule has 1 aromatic rings. The van der Waals surface area contributed by atoms with E-state index in [2.05, 4.69) is 18.7 Å². The number of rotatable bonds is 5. The quantitative estimate of drug-likeness (QED) is 0.902. The number of aliphatic hydroxyl groups excluding tert-OH is 1. The van der Waals surface area contributed by atoms with Crippen LogP contribution in [0.4, 0.5) is 0 Å². The Balaban J connectivity index is 2.20. The third kappa shape index (κ3) is 3.83. The Kier molecular flexibility index (Phi) is 5.76. The van der Waals surface area contributed by atoms with Crippen molar-refractivity contribution < 1.29 is 9.90 Å². The average Bonchev–Trinajstić information content (AvgIpc) is 2.53. The molecule has 0 saturated carbocycles. The van der Waals surface area contributed by atoms with Gasteiger partial charge in [-0.05, 0) is 31.5 Å². The first-order valence-corrected chi connectivity index (χ1v) is 7.93. The van der Waals surface area contributed by atoms with Gasteiger partial charge in [0.15, 0.2) is 0 Å². The van der Waals surface area contributed by atoms with Crippen molar-refractivity contribution in [1.82, 2.24) is 9.80 Å². The zero-order valence-electron chi connectivity index (χ0n) is 13.0.